The Morgan fingerprint density at radius 3 is 2.15 bits per heavy atom. The van der Waals surface area contributed by atoms with Crippen LogP contribution < -0.4 is 5.73 Å². The van der Waals surface area contributed by atoms with Crippen molar-refractivity contribution in [2.75, 3.05) is 13.2 Å². The lowest BCUT2D eigenvalue weighted by molar-refractivity contribution is 0.196. The Hall–Kier alpha value is -1.71. The molecule has 0 fully saturated rings. The summed E-state index contributed by atoms with van der Waals surface area (Å²) in [5.74, 6) is -0.284. The van der Waals surface area contributed by atoms with Crippen LogP contribution in [0.4, 0.5) is 4.39 Å². The van der Waals surface area contributed by atoms with E-state index in [1.807, 2.05) is 31.2 Å². The van der Waals surface area contributed by atoms with Gasteiger partial charge in [-0.25, -0.2) is 4.39 Å². The van der Waals surface area contributed by atoms with Crippen molar-refractivity contribution in [2.24, 2.45) is 5.73 Å². The maximum Gasteiger partial charge on any atom is 0.123 e. The first-order chi connectivity index (χ1) is 9.59. The van der Waals surface area contributed by atoms with Gasteiger partial charge in [-0.3, -0.25) is 0 Å². The zero-order valence-corrected chi connectivity index (χ0v) is 11.6. The summed E-state index contributed by atoms with van der Waals surface area (Å²) >= 11 is 0. The molecule has 0 saturated carbocycles. The molecule has 3 heteroatoms. The Morgan fingerprint density at radius 2 is 1.65 bits per heavy atom. The Kier molecular flexibility index (Phi) is 4.53. The molecule has 2 nitrogen and oxygen atoms in total. The number of rotatable bonds is 5. The molecule has 2 aromatic carbocycles. The van der Waals surface area contributed by atoms with Crippen molar-refractivity contribution in [3.8, 4) is 0 Å². The molecule has 2 rings (SSSR count). The molecule has 0 amide bonds. The summed E-state index contributed by atoms with van der Waals surface area (Å²) in [6.45, 7) is 2.28. The highest BCUT2D eigenvalue weighted by molar-refractivity contribution is 5.31. The van der Waals surface area contributed by atoms with Gasteiger partial charge in [-0.2, -0.15) is 0 Å². The predicted molar refractivity (Wildman–Crippen MR) is 79.1 cm³/mol. The van der Waals surface area contributed by atoms with Gasteiger partial charge < -0.3 is 10.8 Å². The van der Waals surface area contributed by atoms with Crippen LogP contribution in [0.2, 0.25) is 0 Å². The fourth-order valence-electron chi connectivity index (χ4n) is 2.40. The van der Waals surface area contributed by atoms with Crippen LogP contribution in [0.15, 0.2) is 48.5 Å². The van der Waals surface area contributed by atoms with Gasteiger partial charge in [0.05, 0.1) is 6.61 Å². The van der Waals surface area contributed by atoms with Crippen molar-refractivity contribution in [3.63, 3.8) is 0 Å². The fraction of sp³-hybridized carbons (Fsp3) is 0.294. The molecule has 20 heavy (non-hydrogen) atoms. The van der Waals surface area contributed by atoms with E-state index < -0.39 is 5.41 Å². The maximum absolute atomic E-state index is 13.1. The summed E-state index contributed by atoms with van der Waals surface area (Å²) in [5.41, 5.74) is 8.51. The summed E-state index contributed by atoms with van der Waals surface area (Å²) in [5, 5.41) is 9.84. The van der Waals surface area contributed by atoms with E-state index in [4.69, 9.17) is 5.73 Å². The molecule has 0 aliphatic carbocycles. The first-order valence-corrected chi connectivity index (χ1v) is 6.72. The Labute approximate surface area is 119 Å². The van der Waals surface area contributed by atoms with E-state index in [2.05, 4.69) is 0 Å². The summed E-state index contributed by atoms with van der Waals surface area (Å²) in [7, 11) is 0. The summed E-state index contributed by atoms with van der Waals surface area (Å²) < 4.78 is 13.1. The van der Waals surface area contributed by atoms with Gasteiger partial charge in [0.25, 0.3) is 0 Å². The van der Waals surface area contributed by atoms with Crippen LogP contribution in [-0.2, 0) is 11.8 Å². The minimum Gasteiger partial charge on any atom is -0.395 e. The number of halogens is 1. The molecule has 1 atom stereocenters. The highest BCUT2D eigenvalue weighted by atomic mass is 19.1. The average Bonchev–Trinajstić information content (AvgIpc) is 2.48. The Bertz CT molecular complexity index is 544. The van der Waals surface area contributed by atoms with Gasteiger partial charge >= 0.3 is 0 Å². The SMILES string of the molecule is Cc1ccc(CC(CN)(CO)c2ccc(F)cc2)cc1. The van der Waals surface area contributed by atoms with E-state index >= 15 is 0 Å². The maximum atomic E-state index is 13.1. The van der Waals surface area contributed by atoms with E-state index in [1.165, 1.54) is 17.7 Å². The molecule has 3 N–H and O–H groups in total. The highest BCUT2D eigenvalue weighted by Crippen LogP contribution is 2.28. The van der Waals surface area contributed by atoms with E-state index in [0.717, 1.165) is 11.1 Å². The lowest BCUT2D eigenvalue weighted by atomic mass is 9.76. The minimum absolute atomic E-state index is 0.0665. The van der Waals surface area contributed by atoms with Crippen LogP contribution in [0.25, 0.3) is 0 Å². The molecule has 0 bridgehead atoms. The van der Waals surface area contributed by atoms with Gasteiger partial charge in [-0.15, -0.1) is 0 Å². The second-order valence-electron chi connectivity index (χ2n) is 5.31. The number of hydrogen-bond acceptors (Lipinski definition) is 2. The van der Waals surface area contributed by atoms with Crippen LogP contribution in [0, 0.1) is 12.7 Å². The number of aryl methyl sites for hydroxylation is 1. The first kappa shape index (κ1) is 14.7. The van der Waals surface area contributed by atoms with Crippen molar-refractivity contribution in [1.29, 1.82) is 0 Å². The lowest BCUT2D eigenvalue weighted by Gasteiger charge is -2.31. The quantitative estimate of drug-likeness (QED) is 0.879. The summed E-state index contributed by atoms with van der Waals surface area (Å²) in [4.78, 5) is 0. The summed E-state index contributed by atoms with van der Waals surface area (Å²) in [6, 6.07) is 14.4. The average molecular weight is 273 g/mol. The van der Waals surface area contributed by atoms with Crippen LogP contribution in [0.5, 0.6) is 0 Å². The molecule has 0 heterocycles. The molecule has 0 aromatic heterocycles. The number of nitrogens with two attached hydrogens (primary N) is 1. The van der Waals surface area contributed by atoms with Gasteiger partial charge in [0.1, 0.15) is 5.82 Å². The topological polar surface area (TPSA) is 46.2 Å². The minimum atomic E-state index is -0.567. The summed E-state index contributed by atoms with van der Waals surface area (Å²) in [6.07, 6.45) is 0.631. The molecule has 0 spiro atoms. The second kappa shape index (κ2) is 6.16. The standard InChI is InChI=1S/C17H20FNO/c1-13-2-4-14(5-3-13)10-17(11-19,12-20)15-6-8-16(18)9-7-15/h2-9,20H,10-12,19H2,1H3. The third kappa shape index (κ3) is 3.06. The third-order valence-electron chi connectivity index (χ3n) is 3.81. The van der Waals surface area contributed by atoms with Crippen molar-refractivity contribution >= 4 is 0 Å². The number of aliphatic hydroxyl groups excluding tert-OH is 1. The molecule has 0 aliphatic rings. The number of hydrogen-bond donors (Lipinski definition) is 2. The van der Waals surface area contributed by atoms with E-state index in [9.17, 15) is 9.50 Å². The normalized spacial score (nSPS) is 14.0. The fourth-order valence-corrected chi connectivity index (χ4v) is 2.40. The van der Waals surface area contributed by atoms with Crippen molar-refractivity contribution in [2.45, 2.75) is 18.8 Å². The molecule has 106 valence electrons. The lowest BCUT2D eigenvalue weighted by Crippen LogP contribution is -2.41. The zero-order valence-electron chi connectivity index (χ0n) is 11.6. The molecule has 1 unspecified atom stereocenters. The molecule has 0 aliphatic heterocycles. The van der Waals surface area contributed by atoms with Gasteiger partial charge in [0, 0.05) is 12.0 Å². The van der Waals surface area contributed by atoms with Gasteiger partial charge in [0.15, 0.2) is 0 Å². The smallest absolute Gasteiger partial charge is 0.123 e. The largest absolute Gasteiger partial charge is 0.395 e. The van der Waals surface area contributed by atoms with Gasteiger partial charge in [-0.1, -0.05) is 42.0 Å². The highest BCUT2D eigenvalue weighted by Gasteiger charge is 2.30. The predicted octanol–water partition coefficient (Wildman–Crippen LogP) is 2.57. The van der Waals surface area contributed by atoms with E-state index in [-0.39, 0.29) is 12.4 Å². The van der Waals surface area contributed by atoms with Gasteiger partial charge in [-0.05, 0) is 36.6 Å². The molecule has 0 saturated heterocycles. The van der Waals surface area contributed by atoms with Crippen molar-refractivity contribution in [3.05, 3.63) is 71.0 Å². The van der Waals surface area contributed by atoms with E-state index in [1.54, 1.807) is 12.1 Å². The van der Waals surface area contributed by atoms with Crippen molar-refractivity contribution in [1.82, 2.24) is 0 Å². The van der Waals surface area contributed by atoms with Crippen LogP contribution in [0.3, 0.4) is 0 Å². The number of aliphatic hydroxyl groups is 1. The molecule has 0 radical (unpaired) electrons. The molecular formula is C17H20FNO. The molecule has 2 aromatic rings. The van der Waals surface area contributed by atoms with Gasteiger partial charge in [0.2, 0.25) is 0 Å². The first-order valence-electron chi connectivity index (χ1n) is 6.72. The van der Waals surface area contributed by atoms with Crippen LogP contribution >= 0.6 is 0 Å². The van der Waals surface area contributed by atoms with Crippen LogP contribution in [0.1, 0.15) is 16.7 Å². The van der Waals surface area contributed by atoms with E-state index in [0.29, 0.717) is 13.0 Å². The number of benzene rings is 2. The zero-order chi connectivity index (χ0) is 14.6. The second-order valence-corrected chi connectivity index (χ2v) is 5.31. The third-order valence-corrected chi connectivity index (χ3v) is 3.81. The monoisotopic (exact) mass is 273 g/mol. The Morgan fingerprint density at radius 1 is 1.05 bits per heavy atom. The van der Waals surface area contributed by atoms with Crippen LogP contribution in [-0.4, -0.2) is 18.3 Å². The van der Waals surface area contributed by atoms with Crippen molar-refractivity contribution < 1.29 is 9.50 Å². The Balaban J connectivity index is 2.33. The molecular weight excluding hydrogens is 253 g/mol.